The van der Waals surface area contributed by atoms with Crippen molar-refractivity contribution in [2.75, 3.05) is 29.3 Å². The van der Waals surface area contributed by atoms with Crippen molar-refractivity contribution in [3.8, 4) is 0 Å². The predicted octanol–water partition coefficient (Wildman–Crippen LogP) is 5.17. The fourth-order valence-electron chi connectivity index (χ4n) is 3.58. The minimum absolute atomic E-state index is 0.0152. The first-order chi connectivity index (χ1) is 17.4. The summed E-state index contributed by atoms with van der Waals surface area (Å²) in [5.41, 5.74) is 1.22. The molecule has 198 valence electrons. The second-order valence-corrected chi connectivity index (χ2v) is 12.6. The number of sulfonamides is 2. The van der Waals surface area contributed by atoms with E-state index in [1.54, 1.807) is 26.0 Å². The van der Waals surface area contributed by atoms with E-state index in [2.05, 4.69) is 5.32 Å². The van der Waals surface area contributed by atoms with E-state index in [4.69, 9.17) is 23.2 Å². The number of nitrogens with one attached hydrogen (secondary N) is 1. The van der Waals surface area contributed by atoms with Crippen molar-refractivity contribution in [1.82, 2.24) is 4.31 Å². The molecule has 0 fully saturated rings. The molecule has 1 amide bonds. The number of amides is 1. The maximum atomic E-state index is 13.5. The van der Waals surface area contributed by atoms with Gasteiger partial charge in [-0.05, 0) is 55.5 Å². The molecule has 0 spiro atoms. The average Bonchev–Trinajstić information content (AvgIpc) is 2.85. The SMILES string of the molecule is CCN(CC)S(=O)(=O)c1ccc(NC(=O)CN(c2cccc(Cl)c2Cl)S(=O)(=O)c2ccc(C)cc2)cc1. The van der Waals surface area contributed by atoms with Crippen LogP contribution in [0.1, 0.15) is 19.4 Å². The van der Waals surface area contributed by atoms with Crippen LogP contribution in [0.3, 0.4) is 0 Å². The Morgan fingerprint density at radius 2 is 1.35 bits per heavy atom. The molecule has 0 radical (unpaired) electrons. The lowest BCUT2D eigenvalue weighted by Crippen LogP contribution is -2.38. The van der Waals surface area contributed by atoms with Crippen LogP contribution >= 0.6 is 23.2 Å². The number of hydrogen-bond donors (Lipinski definition) is 1. The fraction of sp³-hybridized carbons (Fsp3) is 0.240. The van der Waals surface area contributed by atoms with Crippen molar-refractivity contribution < 1.29 is 21.6 Å². The van der Waals surface area contributed by atoms with E-state index in [0.29, 0.717) is 18.8 Å². The zero-order chi connectivity index (χ0) is 27.4. The second-order valence-electron chi connectivity index (χ2n) is 8.06. The van der Waals surface area contributed by atoms with Crippen LogP contribution in [0.25, 0.3) is 0 Å². The zero-order valence-corrected chi connectivity index (χ0v) is 23.6. The summed E-state index contributed by atoms with van der Waals surface area (Å²) in [7, 11) is -7.85. The highest BCUT2D eigenvalue weighted by molar-refractivity contribution is 7.93. The van der Waals surface area contributed by atoms with Gasteiger partial charge in [0, 0.05) is 18.8 Å². The number of rotatable bonds is 10. The summed E-state index contributed by atoms with van der Waals surface area (Å²) in [4.78, 5) is 13.1. The number of benzene rings is 3. The maximum absolute atomic E-state index is 13.5. The van der Waals surface area contributed by atoms with Gasteiger partial charge in [0.2, 0.25) is 15.9 Å². The highest BCUT2D eigenvalue weighted by atomic mass is 35.5. The van der Waals surface area contributed by atoms with Gasteiger partial charge in [0.25, 0.3) is 10.0 Å². The Morgan fingerprint density at radius 3 is 1.92 bits per heavy atom. The van der Waals surface area contributed by atoms with Crippen molar-refractivity contribution >= 4 is 60.5 Å². The summed E-state index contributed by atoms with van der Waals surface area (Å²) in [6, 6.07) is 16.4. The monoisotopic (exact) mass is 583 g/mol. The van der Waals surface area contributed by atoms with Crippen molar-refractivity contribution in [3.63, 3.8) is 0 Å². The normalized spacial score (nSPS) is 11.9. The Bertz CT molecular complexity index is 1470. The highest BCUT2D eigenvalue weighted by Gasteiger charge is 2.29. The van der Waals surface area contributed by atoms with Crippen LogP contribution in [0, 0.1) is 6.92 Å². The molecule has 3 aromatic carbocycles. The Hall–Kier alpha value is -2.63. The largest absolute Gasteiger partial charge is 0.325 e. The summed E-state index contributed by atoms with van der Waals surface area (Å²) in [5.74, 6) is -0.661. The first kappa shape index (κ1) is 28.9. The molecular formula is C25H27Cl2N3O5S2. The molecule has 0 aromatic heterocycles. The third-order valence-corrected chi connectivity index (χ3v) is 10.2. The number of nitrogens with zero attached hydrogens (tertiary/aromatic N) is 2. The Kier molecular flexibility index (Phi) is 9.25. The van der Waals surface area contributed by atoms with E-state index >= 15 is 0 Å². The van der Waals surface area contributed by atoms with Crippen molar-refractivity contribution in [2.45, 2.75) is 30.6 Å². The van der Waals surface area contributed by atoms with Crippen LogP contribution in [0.15, 0.2) is 76.5 Å². The quantitative estimate of drug-likeness (QED) is 0.354. The van der Waals surface area contributed by atoms with Gasteiger partial charge in [-0.2, -0.15) is 4.31 Å². The van der Waals surface area contributed by atoms with Crippen molar-refractivity contribution in [2.24, 2.45) is 0 Å². The third kappa shape index (κ3) is 6.45. The fourth-order valence-corrected chi connectivity index (χ4v) is 6.91. The van der Waals surface area contributed by atoms with E-state index in [0.717, 1.165) is 9.87 Å². The minimum Gasteiger partial charge on any atom is -0.325 e. The van der Waals surface area contributed by atoms with Gasteiger partial charge in [-0.25, -0.2) is 16.8 Å². The molecule has 12 heteroatoms. The lowest BCUT2D eigenvalue weighted by atomic mass is 10.2. The molecule has 0 aliphatic heterocycles. The van der Waals surface area contributed by atoms with E-state index in [1.807, 2.05) is 6.92 Å². The minimum atomic E-state index is -4.19. The van der Waals surface area contributed by atoms with Crippen LogP contribution in [0.2, 0.25) is 10.0 Å². The molecule has 1 N–H and O–H groups in total. The van der Waals surface area contributed by atoms with Crippen LogP contribution in [-0.2, 0) is 24.8 Å². The van der Waals surface area contributed by atoms with Gasteiger partial charge in [-0.3, -0.25) is 9.10 Å². The standard InChI is InChI=1S/C25H27Cl2N3O5S2/c1-4-29(5-2)36(32,33)20-15-11-19(12-16-20)28-24(31)17-30(23-8-6-7-22(26)25(23)27)37(34,35)21-13-9-18(3)10-14-21/h6-16H,4-5,17H2,1-3H3,(H,28,31). The van der Waals surface area contributed by atoms with Gasteiger partial charge in [0.05, 0.1) is 25.5 Å². The first-order valence-corrected chi connectivity index (χ1v) is 15.0. The van der Waals surface area contributed by atoms with Crippen molar-refractivity contribution in [3.05, 3.63) is 82.3 Å². The van der Waals surface area contributed by atoms with Crippen LogP contribution in [0.5, 0.6) is 0 Å². The number of hydrogen-bond acceptors (Lipinski definition) is 5. The van der Waals surface area contributed by atoms with Crippen molar-refractivity contribution in [1.29, 1.82) is 0 Å². The molecular weight excluding hydrogens is 557 g/mol. The number of anilines is 2. The first-order valence-electron chi connectivity index (χ1n) is 11.3. The number of aryl methyl sites for hydroxylation is 1. The molecule has 0 aliphatic carbocycles. The smallest absolute Gasteiger partial charge is 0.264 e. The van der Waals surface area contributed by atoms with Gasteiger partial charge >= 0.3 is 0 Å². The Labute approximate surface area is 227 Å². The third-order valence-electron chi connectivity index (χ3n) is 5.58. The summed E-state index contributed by atoms with van der Waals surface area (Å²) in [5, 5.41) is 2.73. The van der Waals surface area contributed by atoms with Gasteiger partial charge in [-0.15, -0.1) is 0 Å². The summed E-state index contributed by atoms with van der Waals surface area (Å²) >= 11 is 12.5. The topological polar surface area (TPSA) is 104 Å². The molecule has 0 saturated carbocycles. The summed E-state index contributed by atoms with van der Waals surface area (Å²) in [6.07, 6.45) is 0. The van der Waals surface area contributed by atoms with E-state index in [-0.39, 0.29) is 25.5 Å². The summed E-state index contributed by atoms with van der Waals surface area (Å²) < 4.78 is 54.7. The molecule has 37 heavy (non-hydrogen) atoms. The lowest BCUT2D eigenvalue weighted by molar-refractivity contribution is -0.114. The Morgan fingerprint density at radius 1 is 0.811 bits per heavy atom. The molecule has 3 aromatic rings. The van der Waals surface area contributed by atoms with Gasteiger partial charge in [0.15, 0.2) is 0 Å². The lowest BCUT2D eigenvalue weighted by Gasteiger charge is -2.25. The number of carbonyl (C=O) groups is 1. The molecule has 0 saturated heterocycles. The van der Waals surface area contributed by atoms with E-state index < -0.39 is 32.5 Å². The average molecular weight is 585 g/mol. The molecule has 8 nitrogen and oxygen atoms in total. The maximum Gasteiger partial charge on any atom is 0.264 e. The number of halogens is 2. The van der Waals surface area contributed by atoms with Gasteiger partial charge < -0.3 is 5.32 Å². The number of carbonyl (C=O) groups excluding carboxylic acids is 1. The summed E-state index contributed by atoms with van der Waals surface area (Å²) in [6.45, 7) is 5.38. The second kappa shape index (κ2) is 11.8. The predicted molar refractivity (Wildman–Crippen MR) is 147 cm³/mol. The molecule has 3 rings (SSSR count). The highest BCUT2D eigenvalue weighted by Crippen LogP contribution is 2.35. The zero-order valence-electron chi connectivity index (χ0n) is 20.5. The molecule has 0 bridgehead atoms. The Balaban J connectivity index is 1.90. The van der Waals surface area contributed by atoms with Crippen LogP contribution in [0.4, 0.5) is 11.4 Å². The molecule has 0 atom stereocenters. The van der Waals surface area contributed by atoms with Crippen LogP contribution < -0.4 is 9.62 Å². The molecule has 0 heterocycles. The molecule has 0 unspecified atom stereocenters. The van der Waals surface area contributed by atoms with Gasteiger partial charge in [0.1, 0.15) is 6.54 Å². The van der Waals surface area contributed by atoms with E-state index in [1.165, 1.54) is 58.9 Å². The van der Waals surface area contributed by atoms with E-state index in [9.17, 15) is 21.6 Å². The van der Waals surface area contributed by atoms with Crippen LogP contribution in [-0.4, -0.2) is 46.7 Å². The molecule has 0 aliphatic rings. The van der Waals surface area contributed by atoms with Gasteiger partial charge in [-0.1, -0.05) is 60.8 Å².